The fraction of sp³-hybridized carbons (Fsp3) is 0.346. The number of nitrogens with one attached hydrogen (secondary N) is 1. The van der Waals surface area contributed by atoms with Gasteiger partial charge in [0.1, 0.15) is 17.4 Å². The topological polar surface area (TPSA) is 126 Å². The van der Waals surface area contributed by atoms with Gasteiger partial charge in [-0.15, -0.1) is 0 Å². The highest BCUT2D eigenvalue weighted by Gasteiger charge is 2.25. The number of hydrogen-bond acceptors (Lipinski definition) is 7. The summed E-state index contributed by atoms with van der Waals surface area (Å²) in [6, 6.07) is 18.2. The number of carbonyl (C=O) groups is 2. The third kappa shape index (κ3) is 8.24. The fourth-order valence-electron chi connectivity index (χ4n) is 3.82. The van der Waals surface area contributed by atoms with Crippen LogP contribution in [0.4, 0.5) is 0 Å². The number of ether oxygens (including phenoxy) is 1. The Labute approximate surface area is 211 Å². The molecule has 0 aliphatic carbocycles. The van der Waals surface area contributed by atoms with E-state index in [0.29, 0.717) is 24.4 Å². The molecule has 1 saturated heterocycles. The average molecular weight is 490 g/mol. The maximum atomic E-state index is 12.7. The lowest BCUT2D eigenvalue weighted by molar-refractivity contribution is -0.128. The van der Waals surface area contributed by atoms with Crippen molar-refractivity contribution in [3.05, 3.63) is 71.3 Å². The van der Waals surface area contributed by atoms with Crippen LogP contribution in [0.2, 0.25) is 0 Å². The van der Waals surface area contributed by atoms with Gasteiger partial charge in [0.05, 0.1) is 19.0 Å². The summed E-state index contributed by atoms with van der Waals surface area (Å²) in [5.41, 5.74) is 1.57. The maximum Gasteiger partial charge on any atom is 0.475 e. The van der Waals surface area contributed by atoms with Gasteiger partial charge in [-0.2, -0.15) is 5.26 Å². The van der Waals surface area contributed by atoms with E-state index in [1.807, 2.05) is 43.4 Å². The van der Waals surface area contributed by atoms with Gasteiger partial charge in [0, 0.05) is 26.2 Å². The molecule has 9 nitrogen and oxygen atoms in total. The Hall–Kier alpha value is -3.65. The monoisotopic (exact) mass is 490 g/mol. The molecule has 36 heavy (non-hydrogen) atoms. The predicted octanol–water partition coefficient (Wildman–Crippen LogP) is 0.876. The van der Waals surface area contributed by atoms with Crippen molar-refractivity contribution in [2.75, 3.05) is 39.8 Å². The Bertz CT molecular complexity index is 1100. The van der Waals surface area contributed by atoms with Gasteiger partial charge in [-0.25, -0.2) is 0 Å². The molecule has 0 aromatic heterocycles. The highest BCUT2D eigenvalue weighted by molar-refractivity contribution is 6.43. The van der Waals surface area contributed by atoms with Crippen molar-refractivity contribution in [1.29, 1.82) is 5.26 Å². The maximum absolute atomic E-state index is 12.7. The van der Waals surface area contributed by atoms with Crippen molar-refractivity contribution < 1.29 is 24.4 Å². The van der Waals surface area contributed by atoms with E-state index in [-0.39, 0.29) is 36.8 Å². The van der Waals surface area contributed by atoms with Gasteiger partial charge in [-0.1, -0.05) is 42.5 Å². The highest BCUT2D eigenvalue weighted by Crippen LogP contribution is 2.17. The van der Waals surface area contributed by atoms with Crippen LogP contribution in [-0.2, 0) is 16.0 Å². The number of likely N-dealkylation sites (N-methyl/N-ethyl adjacent to an activating group) is 1. The minimum absolute atomic E-state index is 0.0173. The molecular weight excluding hydrogens is 459 g/mol. The predicted molar refractivity (Wildman–Crippen MR) is 136 cm³/mol. The molecule has 0 radical (unpaired) electrons. The van der Waals surface area contributed by atoms with E-state index >= 15 is 0 Å². The van der Waals surface area contributed by atoms with Crippen LogP contribution in [0.3, 0.4) is 0 Å². The van der Waals surface area contributed by atoms with E-state index in [1.54, 1.807) is 29.2 Å². The SMILES string of the molecule is CN1CCN(C(=O)C(C#N)=Cc2cccc(OCCC(=O)N[C@@H](Cc3ccccc3)B(O)O)c2)CC1. The largest absolute Gasteiger partial charge is 0.493 e. The first-order valence-electron chi connectivity index (χ1n) is 11.9. The summed E-state index contributed by atoms with van der Waals surface area (Å²) in [5, 5.41) is 31.4. The number of nitrogens with zero attached hydrogens (tertiary/aromatic N) is 3. The van der Waals surface area contributed by atoms with Crippen LogP contribution in [0.5, 0.6) is 5.75 Å². The van der Waals surface area contributed by atoms with Crippen molar-refractivity contribution in [2.45, 2.75) is 18.8 Å². The van der Waals surface area contributed by atoms with Gasteiger partial charge >= 0.3 is 7.12 Å². The third-order valence-electron chi connectivity index (χ3n) is 5.91. The van der Waals surface area contributed by atoms with Crippen LogP contribution in [0, 0.1) is 11.3 Å². The molecule has 188 valence electrons. The molecule has 1 aliphatic rings. The van der Waals surface area contributed by atoms with Crippen molar-refractivity contribution in [2.24, 2.45) is 0 Å². The van der Waals surface area contributed by atoms with Crippen LogP contribution in [0.15, 0.2) is 60.2 Å². The Kier molecular flexibility index (Phi) is 10.1. The number of carbonyl (C=O) groups excluding carboxylic acids is 2. The molecule has 0 saturated carbocycles. The van der Waals surface area contributed by atoms with Crippen LogP contribution >= 0.6 is 0 Å². The first-order valence-corrected chi connectivity index (χ1v) is 11.9. The molecule has 2 aromatic rings. The first-order chi connectivity index (χ1) is 17.4. The standard InChI is InChI=1S/C26H31BN4O5/c1-30-11-13-31(14-12-30)26(33)22(19-28)16-21-8-5-9-23(17-21)36-15-10-25(32)29-24(27(34)35)18-20-6-3-2-4-7-20/h2-9,16-17,24,34-35H,10-15,18H2,1H3,(H,29,32)/t24-/m0/s1. The molecule has 0 spiro atoms. The van der Waals surface area contributed by atoms with Crippen molar-refractivity contribution in [3.63, 3.8) is 0 Å². The van der Waals surface area contributed by atoms with Gasteiger partial charge < -0.3 is 29.9 Å². The summed E-state index contributed by atoms with van der Waals surface area (Å²) in [6.07, 6.45) is 1.84. The van der Waals surface area contributed by atoms with E-state index in [4.69, 9.17) is 4.74 Å². The lowest BCUT2D eigenvalue weighted by Gasteiger charge is -2.32. The Morgan fingerprint density at radius 3 is 2.53 bits per heavy atom. The lowest BCUT2D eigenvalue weighted by Crippen LogP contribution is -2.48. The van der Waals surface area contributed by atoms with Gasteiger partial charge in [0.2, 0.25) is 5.91 Å². The fourth-order valence-corrected chi connectivity index (χ4v) is 3.82. The normalized spacial score (nSPS) is 15.1. The number of piperazine rings is 1. The third-order valence-corrected chi connectivity index (χ3v) is 5.91. The second kappa shape index (κ2) is 13.4. The molecule has 1 aliphatic heterocycles. The van der Waals surface area contributed by atoms with Gasteiger partial charge in [-0.3, -0.25) is 9.59 Å². The first kappa shape index (κ1) is 27.0. The van der Waals surface area contributed by atoms with Crippen molar-refractivity contribution in [1.82, 2.24) is 15.1 Å². The average Bonchev–Trinajstić information content (AvgIpc) is 2.88. The minimum atomic E-state index is -1.69. The van der Waals surface area contributed by atoms with Crippen LogP contribution in [-0.4, -0.2) is 84.6 Å². The number of rotatable bonds is 10. The zero-order valence-electron chi connectivity index (χ0n) is 20.3. The Morgan fingerprint density at radius 1 is 1.14 bits per heavy atom. The smallest absolute Gasteiger partial charge is 0.475 e. The van der Waals surface area contributed by atoms with Crippen molar-refractivity contribution in [3.8, 4) is 11.8 Å². The molecule has 3 rings (SSSR count). The molecule has 3 N–H and O–H groups in total. The molecule has 2 aromatic carbocycles. The molecule has 1 atom stereocenters. The summed E-state index contributed by atoms with van der Waals surface area (Å²) in [5.74, 6) is -1.01. The quantitative estimate of drug-likeness (QED) is 0.256. The number of amides is 2. The highest BCUT2D eigenvalue weighted by atomic mass is 16.5. The van der Waals surface area contributed by atoms with E-state index in [9.17, 15) is 24.9 Å². The molecule has 0 bridgehead atoms. The number of benzene rings is 2. The summed E-state index contributed by atoms with van der Waals surface area (Å²) < 4.78 is 5.68. The summed E-state index contributed by atoms with van der Waals surface area (Å²) in [4.78, 5) is 28.9. The summed E-state index contributed by atoms with van der Waals surface area (Å²) in [6.45, 7) is 2.78. The van der Waals surface area contributed by atoms with E-state index in [1.165, 1.54) is 6.08 Å². The van der Waals surface area contributed by atoms with Crippen LogP contribution in [0.25, 0.3) is 6.08 Å². The Balaban J connectivity index is 1.53. The van der Waals surface area contributed by atoms with Crippen LogP contribution in [0.1, 0.15) is 17.5 Å². The van der Waals surface area contributed by atoms with E-state index in [2.05, 4.69) is 10.2 Å². The Morgan fingerprint density at radius 2 is 1.86 bits per heavy atom. The number of hydrogen-bond donors (Lipinski definition) is 3. The lowest BCUT2D eigenvalue weighted by atomic mass is 9.76. The zero-order valence-corrected chi connectivity index (χ0v) is 20.3. The molecule has 0 unspecified atom stereocenters. The van der Waals surface area contributed by atoms with Gasteiger partial charge in [-0.05, 0) is 42.8 Å². The zero-order chi connectivity index (χ0) is 25.9. The summed E-state index contributed by atoms with van der Waals surface area (Å²) in [7, 11) is 0.304. The van der Waals surface area contributed by atoms with Crippen LogP contribution < -0.4 is 10.1 Å². The van der Waals surface area contributed by atoms with E-state index < -0.39 is 13.1 Å². The second-order valence-corrected chi connectivity index (χ2v) is 8.71. The molecule has 1 heterocycles. The molecular formula is C26H31BN4O5. The minimum Gasteiger partial charge on any atom is -0.493 e. The molecule has 2 amide bonds. The molecule has 1 fully saturated rings. The van der Waals surface area contributed by atoms with Gasteiger partial charge in [0.25, 0.3) is 5.91 Å². The van der Waals surface area contributed by atoms with Crippen molar-refractivity contribution >= 4 is 25.0 Å². The number of nitriles is 1. The van der Waals surface area contributed by atoms with Gasteiger partial charge in [0.15, 0.2) is 0 Å². The molecule has 10 heteroatoms. The second-order valence-electron chi connectivity index (χ2n) is 8.71. The summed E-state index contributed by atoms with van der Waals surface area (Å²) >= 11 is 0. The van der Waals surface area contributed by atoms with E-state index in [0.717, 1.165) is 18.7 Å².